The molecule has 2 aromatic rings. The lowest BCUT2D eigenvalue weighted by atomic mass is 10.0. The zero-order valence-corrected chi connectivity index (χ0v) is 11.7. The van der Waals surface area contributed by atoms with E-state index in [0.29, 0.717) is 5.92 Å². The van der Waals surface area contributed by atoms with Crippen LogP contribution in [0, 0.1) is 6.92 Å². The van der Waals surface area contributed by atoms with Gasteiger partial charge in [-0.05, 0) is 36.5 Å². The molecule has 96 valence electrons. The van der Waals surface area contributed by atoms with Crippen LogP contribution in [-0.2, 0) is 0 Å². The number of rotatable bonds is 4. The van der Waals surface area contributed by atoms with E-state index in [-0.39, 0.29) is 0 Å². The van der Waals surface area contributed by atoms with Crippen LogP contribution in [0.1, 0.15) is 44.2 Å². The van der Waals surface area contributed by atoms with E-state index in [1.54, 1.807) is 0 Å². The molecule has 0 atom stereocenters. The first-order valence-corrected chi connectivity index (χ1v) is 6.77. The molecule has 0 aliphatic rings. The number of hydrogen-bond donors (Lipinski definition) is 1. The molecular weight excluding hydrogens is 220 g/mol. The Hall–Kier alpha value is -1.57. The van der Waals surface area contributed by atoms with Crippen LogP contribution >= 0.6 is 0 Å². The molecule has 0 radical (unpaired) electrons. The van der Waals surface area contributed by atoms with E-state index in [0.717, 1.165) is 24.3 Å². The third-order valence-corrected chi connectivity index (χ3v) is 3.24. The summed E-state index contributed by atoms with van der Waals surface area (Å²) in [5.41, 5.74) is 3.66. The van der Waals surface area contributed by atoms with Gasteiger partial charge < -0.3 is 5.32 Å². The molecule has 0 amide bonds. The van der Waals surface area contributed by atoms with Crippen molar-refractivity contribution in [1.82, 2.24) is 4.98 Å². The Balaban J connectivity index is 2.57. The molecule has 0 aliphatic heterocycles. The summed E-state index contributed by atoms with van der Waals surface area (Å²) < 4.78 is 0. The van der Waals surface area contributed by atoms with Crippen LogP contribution in [0.2, 0.25) is 0 Å². The third kappa shape index (κ3) is 2.47. The lowest BCUT2D eigenvalue weighted by molar-refractivity contribution is 0.856. The average Bonchev–Trinajstić information content (AvgIpc) is 2.36. The molecule has 1 aromatic carbocycles. The zero-order valence-electron chi connectivity index (χ0n) is 11.7. The van der Waals surface area contributed by atoms with Gasteiger partial charge in [-0.2, -0.15) is 0 Å². The maximum atomic E-state index is 4.82. The van der Waals surface area contributed by atoms with Gasteiger partial charge in [0.05, 0.1) is 5.52 Å². The summed E-state index contributed by atoms with van der Waals surface area (Å²) >= 11 is 0. The number of aryl methyl sites for hydroxylation is 1. The van der Waals surface area contributed by atoms with E-state index in [9.17, 15) is 0 Å². The molecule has 0 unspecified atom stereocenters. The fourth-order valence-corrected chi connectivity index (χ4v) is 2.19. The van der Waals surface area contributed by atoms with Gasteiger partial charge in [-0.1, -0.05) is 39.0 Å². The molecule has 0 aliphatic carbocycles. The van der Waals surface area contributed by atoms with E-state index in [4.69, 9.17) is 4.98 Å². The van der Waals surface area contributed by atoms with Crippen molar-refractivity contribution in [2.45, 2.75) is 40.0 Å². The van der Waals surface area contributed by atoms with Crippen molar-refractivity contribution in [3.05, 3.63) is 35.4 Å². The first kappa shape index (κ1) is 12.9. The first-order chi connectivity index (χ1) is 8.63. The highest BCUT2D eigenvalue weighted by atomic mass is 15.0. The van der Waals surface area contributed by atoms with Crippen LogP contribution in [0.25, 0.3) is 10.9 Å². The first-order valence-electron chi connectivity index (χ1n) is 6.77. The monoisotopic (exact) mass is 242 g/mol. The molecule has 1 aromatic heterocycles. The minimum atomic E-state index is 0.488. The molecule has 1 N–H and O–H groups in total. The maximum absolute atomic E-state index is 4.82. The number of para-hydroxylation sites is 1. The Kier molecular flexibility index (Phi) is 3.85. The van der Waals surface area contributed by atoms with Crippen LogP contribution < -0.4 is 5.32 Å². The molecule has 0 fully saturated rings. The van der Waals surface area contributed by atoms with Crippen LogP contribution in [0.5, 0.6) is 0 Å². The summed E-state index contributed by atoms with van der Waals surface area (Å²) in [6, 6.07) is 8.64. The second kappa shape index (κ2) is 5.38. The van der Waals surface area contributed by atoms with E-state index in [2.05, 4.69) is 57.3 Å². The number of anilines is 1. The number of nitrogens with zero attached hydrogens (tertiary/aromatic N) is 1. The molecular formula is C16H22N2. The lowest BCUT2D eigenvalue weighted by Gasteiger charge is -2.15. The Bertz CT molecular complexity index is 544. The van der Waals surface area contributed by atoms with Crippen LogP contribution in [0.15, 0.2) is 24.3 Å². The van der Waals surface area contributed by atoms with E-state index in [1.807, 2.05) is 0 Å². The Labute approximate surface area is 109 Å². The summed E-state index contributed by atoms with van der Waals surface area (Å²) in [5.74, 6) is 1.54. The van der Waals surface area contributed by atoms with Crippen molar-refractivity contribution in [2.24, 2.45) is 0 Å². The summed E-state index contributed by atoms with van der Waals surface area (Å²) in [7, 11) is 0. The smallest absolute Gasteiger partial charge is 0.130 e. The molecule has 0 spiro atoms. The van der Waals surface area contributed by atoms with Gasteiger partial charge in [-0.15, -0.1) is 0 Å². The van der Waals surface area contributed by atoms with Crippen LogP contribution in [0.4, 0.5) is 5.82 Å². The predicted octanol–water partition coefficient (Wildman–Crippen LogP) is 4.49. The van der Waals surface area contributed by atoms with Gasteiger partial charge in [0.15, 0.2) is 0 Å². The van der Waals surface area contributed by atoms with Gasteiger partial charge in [0.25, 0.3) is 0 Å². The minimum Gasteiger partial charge on any atom is -0.370 e. The SMILES string of the molecule is CCCNc1nc2c(C)cccc2cc1C(C)C. The van der Waals surface area contributed by atoms with Gasteiger partial charge in [-0.25, -0.2) is 4.98 Å². The van der Waals surface area contributed by atoms with Gasteiger partial charge in [0.2, 0.25) is 0 Å². The third-order valence-electron chi connectivity index (χ3n) is 3.24. The summed E-state index contributed by atoms with van der Waals surface area (Å²) in [6.45, 7) is 9.71. The molecule has 2 heteroatoms. The van der Waals surface area contributed by atoms with Gasteiger partial charge >= 0.3 is 0 Å². The topological polar surface area (TPSA) is 24.9 Å². The number of benzene rings is 1. The highest BCUT2D eigenvalue weighted by molar-refractivity contribution is 5.84. The van der Waals surface area contributed by atoms with E-state index >= 15 is 0 Å². The lowest BCUT2D eigenvalue weighted by Crippen LogP contribution is -2.07. The van der Waals surface area contributed by atoms with Gasteiger partial charge in [0, 0.05) is 11.9 Å². The Morgan fingerprint density at radius 2 is 2.06 bits per heavy atom. The van der Waals surface area contributed by atoms with Gasteiger partial charge in [-0.3, -0.25) is 0 Å². The summed E-state index contributed by atoms with van der Waals surface area (Å²) in [5, 5.41) is 4.69. The second-order valence-corrected chi connectivity index (χ2v) is 5.15. The summed E-state index contributed by atoms with van der Waals surface area (Å²) in [6.07, 6.45) is 1.12. The molecule has 2 nitrogen and oxygen atoms in total. The molecule has 0 bridgehead atoms. The highest BCUT2D eigenvalue weighted by Crippen LogP contribution is 2.28. The fraction of sp³-hybridized carbons (Fsp3) is 0.438. The van der Waals surface area contributed by atoms with Crippen molar-refractivity contribution < 1.29 is 0 Å². The van der Waals surface area contributed by atoms with Crippen molar-refractivity contribution in [3.8, 4) is 0 Å². The number of hydrogen-bond acceptors (Lipinski definition) is 2. The van der Waals surface area contributed by atoms with Crippen molar-refractivity contribution >= 4 is 16.7 Å². The normalized spacial score (nSPS) is 11.2. The van der Waals surface area contributed by atoms with Crippen LogP contribution in [0.3, 0.4) is 0 Å². The maximum Gasteiger partial charge on any atom is 0.130 e. The molecule has 0 saturated carbocycles. The average molecular weight is 242 g/mol. The molecule has 2 rings (SSSR count). The number of pyridine rings is 1. The largest absolute Gasteiger partial charge is 0.370 e. The number of nitrogens with one attached hydrogen (secondary N) is 1. The van der Waals surface area contributed by atoms with Gasteiger partial charge in [0.1, 0.15) is 5.82 Å². The van der Waals surface area contributed by atoms with E-state index in [1.165, 1.54) is 16.5 Å². The Morgan fingerprint density at radius 1 is 1.28 bits per heavy atom. The Morgan fingerprint density at radius 3 is 2.72 bits per heavy atom. The highest BCUT2D eigenvalue weighted by Gasteiger charge is 2.10. The quantitative estimate of drug-likeness (QED) is 0.854. The van der Waals surface area contributed by atoms with E-state index < -0.39 is 0 Å². The van der Waals surface area contributed by atoms with Crippen LogP contribution in [-0.4, -0.2) is 11.5 Å². The molecule has 0 saturated heterocycles. The fourth-order valence-electron chi connectivity index (χ4n) is 2.19. The molecule has 1 heterocycles. The van der Waals surface area contributed by atoms with Crippen molar-refractivity contribution in [1.29, 1.82) is 0 Å². The van der Waals surface area contributed by atoms with Crippen molar-refractivity contribution in [3.63, 3.8) is 0 Å². The van der Waals surface area contributed by atoms with Crippen molar-refractivity contribution in [2.75, 3.05) is 11.9 Å². The number of aromatic nitrogens is 1. The second-order valence-electron chi connectivity index (χ2n) is 5.15. The summed E-state index contributed by atoms with van der Waals surface area (Å²) in [4.78, 5) is 4.82. The molecule has 18 heavy (non-hydrogen) atoms. The predicted molar refractivity (Wildman–Crippen MR) is 79.3 cm³/mol. The zero-order chi connectivity index (χ0) is 13.1. The number of fused-ring (bicyclic) bond motifs is 1. The standard InChI is InChI=1S/C16H22N2/c1-5-9-17-16-14(11(2)3)10-13-8-6-7-12(4)15(13)18-16/h6-8,10-11H,5,9H2,1-4H3,(H,17,18). The minimum absolute atomic E-state index is 0.488.